The van der Waals surface area contributed by atoms with Crippen molar-refractivity contribution in [1.82, 2.24) is 0 Å². The van der Waals surface area contributed by atoms with Gasteiger partial charge < -0.3 is 24.8 Å². The van der Waals surface area contributed by atoms with Gasteiger partial charge in [0.2, 0.25) is 0 Å². The van der Waals surface area contributed by atoms with Crippen LogP contribution in [-0.2, 0) is 27.7 Å². The molecule has 0 heterocycles. The van der Waals surface area contributed by atoms with Gasteiger partial charge in [-0.25, -0.2) is 0 Å². The van der Waals surface area contributed by atoms with Crippen LogP contribution in [0.5, 0.6) is 0 Å². The number of nitrogens with zero attached hydrogens (tertiary/aromatic N) is 1. The fourth-order valence-corrected chi connectivity index (χ4v) is 12.7. The molecule has 0 bridgehead atoms. The zero-order valence-corrected chi connectivity index (χ0v) is 23.4. The van der Waals surface area contributed by atoms with Crippen LogP contribution in [-0.4, -0.2) is 15.3 Å². The quantitative estimate of drug-likeness (QED) is 0.453. The molecule has 0 saturated heterocycles. The summed E-state index contributed by atoms with van der Waals surface area (Å²) < 4.78 is 5.14. The second kappa shape index (κ2) is 10.8. The van der Waals surface area contributed by atoms with Gasteiger partial charge in [-0.1, -0.05) is 0 Å². The van der Waals surface area contributed by atoms with E-state index in [1.807, 2.05) is 0 Å². The maximum atomic E-state index is 2.66. The van der Waals surface area contributed by atoms with E-state index < -0.39 is 21.3 Å². The first kappa shape index (κ1) is 26.3. The van der Waals surface area contributed by atoms with Gasteiger partial charge in [0.1, 0.15) is 0 Å². The van der Waals surface area contributed by atoms with Crippen LogP contribution in [0.1, 0.15) is 59.1 Å². The molecule has 0 fully saturated rings. The van der Waals surface area contributed by atoms with Crippen LogP contribution in [0.2, 0.25) is 0 Å². The molecule has 4 heteroatoms. The molecule has 2 aliphatic carbocycles. The van der Waals surface area contributed by atoms with E-state index in [9.17, 15) is 0 Å². The minimum atomic E-state index is -2.14. The molecule has 0 saturated carbocycles. The molecule has 2 aromatic carbocycles. The Morgan fingerprint density at radius 3 is 2.16 bits per heavy atom. The molecule has 2 aromatic rings. The van der Waals surface area contributed by atoms with Crippen molar-refractivity contribution in [2.45, 2.75) is 66.5 Å². The third-order valence-electron chi connectivity index (χ3n) is 6.20. The molecular formula is C27H33Cl2NZr. The fraction of sp³-hybridized carbons (Fsp3) is 0.370. The first-order chi connectivity index (χ1) is 13.9. The van der Waals surface area contributed by atoms with Crippen LogP contribution >= 0.6 is 0 Å². The summed E-state index contributed by atoms with van der Waals surface area (Å²) in [5, 5.41) is 0. The normalized spacial score (nSPS) is 13.1. The summed E-state index contributed by atoms with van der Waals surface area (Å²) in [6.07, 6.45) is 9.30. The predicted octanol–water partition coefficient (Wildman–Crippen LogP) is 0.189. The van der Waals surface area contributed by atoms with E-state index in [1.165, 1.54) is 22.4 Å². The Morgan fingerprint density at radius 2 is 1.58 bits per heavy atom. The van der Waals surface area contributed by atoms with Crippen LogP contribution in [0, 0.1) is 0 Å². The van der Waals surface area contributed by atoms with Crippen molar-refractivity contribution in [1.29, 1.82) is 0 Å². The number of hydrogen-bond acceptors (Lipinski definition) is 1. The molecule has 1 nitrogen and oxygen atoms in total. The summed E-state index contributed by atoms with van der Waals surface area (Å²) in [5.74, 6) is 0. The number of halogens is 2. The van der Waals surface area contributed by atoms with E-state index >= 15 is 0 Å². The van der Waals surface area contributed by atoms with Gasteiger partial charge in [-0.15, -0.1) is 0 Å². The van der Waals surface area contributed by atoms with Gasteiger partial charge in [0, 0.05) is 0 Å². The maximum Gasteiger partial charge on any atom is -1.00 e. The van der Waals surface area contributed by atoms with Gasteiger partial charge in [-0.3, -0.25) is 0 Å². The minimum Gasteiger partial charge on any atom is -1.00 e. The van der Waals surface area contributed by atoms with Crippen LogP contribution in [0.25, 0.3) is 11.1 Å². The van der Waals surface area contributed by atoms with Crippen molar-refractivity contribution in [3.63, 3.8) is 0 Å². The maximum absolute atomic E-state index is 2.66. The summed E-state index contributed by atoms with van der Waals surface area (Å²) in [7, 11) is 0. The van der Waals surface area contributed by atoms with E-state index in [0.717, 1.165) is 12.8 Å². The van der Waals surface area contributed by atoms with Gasteiger partial charge in [0.05, 0.1) is 0 Å². The molecule has 0 unspecified atom stereocenters. The number of benzene rings is 2. The zero-order chi connectivity index (χ0) is 20.7. The molecule has 0 N–H and O–H groups in total. The molecule has 31 heavy (non-hydrogen) atoms. The molecular weight excluding hydrogens is 500 g/mol. The van der Waals surface area contributed by atoms with Crippen molar-refractivity contribution in [2.75, 3.05) is 4.90 Å². The summed E-state index contributed by atoms with van der Waals surface area (Å²) in [5.41, 5.74) is 7.56. The second-order valence-corrected chi connectivity index (χ2v) is 16.2. The van der Waals surface area contributed by atoms with Gasteiger partial charge in [0.15, 0.2) is 0 Å². The number of rotatable bonds is 5. The van der Waals surface area contributed by atoms with E-state index in [0.29, 0.717) is 12.1 Å². The Labute approximate surface area is 208 Å². The van der Waals surface area contributed by atoms with Crippen molar-refractivity contribution in [2.24, 2.45) is 0 Å². The summed E-state index contributed by atoms with van der Waals surface area (Å²) in [6.45, 7) is 14.2. The first-order valence-corrected chi connectivity index (χ1v) is 14.6. The largest absolute Gasteiger partial charge is 1.00 e. The molecule has 0 amide bonds. The van der Waals surface area contributed by atoms with E-state index in [1.54, 1.807) is 15.3 Å². The summed E-state index contributed by atoms with van der Waals surface area (Å²) >= 11 is -2.14. The van der Waals surface area contributed by atoms with Gasteiger partial charge in [-0.2, -0.15) is 0 Å². The molecule has 0 aliphatic heterocycles. The third kappa shape index (κ3) is 4.87. The number of hydrogen-bond donors (Lipinski definition) is 0. The van der Waals surface area contributed by atoms with Crippen molar-refractivity contribution in [3.05, 3.63) is 69.0 Å². The van der Waals surface area contributed by atoms with Crippen LogP contribution in [0.3, 0.4) is 0 Å². The topological polar surface area (TPSA) is 3.24 Å². The summed E-state index contributed by atoms with van der Waals surface area (Å²) in [4.78, 5) is 2.66. The van der Waals surface area contributed by atoms with E-state index in [4.69, 9.17) is 0 Å². The van der Waals surface area contributed by atoms with Gasteiger partial charge >= 0.3 is 185 Å². The minimum absolute atomic E-state index is 0. The fourth-order valence-electron chi connectivity index (χ4n) is 5.21. The average molecular weight is 534 g/mol. The van der Waals surface area contributed by atoms with Crippen LogP contribution in [0.4, 0.5) is 5.69 Å². The zero-order valence-electron chi connectivity index (χ0n) is 19.5. The van der Waals surface area contributed by atoms with Crippen LogP contribution in [0.15, 0.2) is 57.9 Å². The predicted molar refractivity (Wildman–Crippen MR) is 125 cm³/mol. The summed E-state index contributed by atoms with van der Waals surface area (Å²) in [6, 6.07) is 14.9. The van der Waals surface area contributed by atoms with Gasteiger partial charge in [-0.05, 0) is 0 Å². The Kier molecular flexibility index (Phi) is 9.15. The molecule has 0 radical (unpaired) electrons. The van der Waals surface area contributed by atoms with Crippen molar-refractivity contribution < 1.29 is 46.1 Å². The number of allylic oxidation sites excluding steroid dienone is 4. The standard InChI is InChI=1S/C19H22N.C5H5.C3H6.2ClH.Zr/c1-13(2)20(14(3)4)17-9-10-19-16(12-17)11-15-7-5-6-8-18(15)19;1-2-4-5-3-1;1-3-2;;;/h5-10,13-14H,11H2,1-4H3;1-3H,4H2;1-2H3;2*1H;/q;;;;;+2/p-2. The SMILES string of the molecule is C[C](C)=[Zr+2]([C]1=CC=CC1)[c]1c(N(C(C)C)C(C)C)ccc2c1Cc1ccccc1-2.[Cl-].[Cl-]. The molecule has 2 aliphatic rings. The molecule has 0 atom stereocenters. The second-order valence-electron chi connectivity index (χ2n) is 9.11. The number of anilines is 1. The Balaban J connectivity index is 0.00000171. The van der Waals surface area contributed by atoms with Gasteiger partial charge in [0.25, 0.3) is 0 Å². The first-order valence-electron chi connectivity index (χ1n) is 11.0. The van der Waals surface area contributed by atoms with Crippen molar-refractivity contribution in [3.8, 4) is 11.1 Å². The molecule has 4 rings (SSSR count). The molecule has 0 aromatic heterocycles. The Bertz CT molecular complexity index is 1040. The monoisotopic (exact) mass is 531 g/mol. The smallest absolute Gasteiger partial charge is 1.00 e. The Hall–Kier alpha value is -0.947. The molecule has 0 spiro atoms. The average Bonchev–Trinajstić information content (AvgIpc) is 3.30. The van der Waals surface area contributed by atoms with Crippen LogP contribution < -0.4 is 33.0 Å². The van der Waals surface area contributed by atoms with E-state index in [-0.39, 0.29) is 24.8 Å². The third-order valence-corrected chi connectivity index (χ3v) is 13.7. The van der Waals surface area contributed by atoms with Crippen molar-refractivity contribution >= 4 is 12.2 Å². The Morgan fingerprint density at radius 1 is 0.903 bits per heavy atom. The van der Waals surface area contributed by atoms with E-state index in [2.05, 4.69) is 101 Å². The molecule has 164 valence electrons. The number of fused-ring (bicyclic) bond motifs is 3.